The number of rotatable bonds is 9. The molecule has 0 aromatic carbocycles. The number of aliphatic hydroxyl groups is 2. The molecule has 12 nitrogen and oxygen atoms in total. The molecule has 1 fully saturated rings. The predicted octanol–water partition coefficient (Wildman–Crippen LogP) is 1.51. The number of anilines is 1. The molecule has 0 bridgehead atoms. The lowest BCUT2D eigenvalue weighted by atomic mass is 9.92. The van der Waals surface area contributed by atoms with Crippen molar-refractivity contribution in [1.29, 1.82) is 5.26 Å². The van der Waals surface area contributed by atoms with Gasteiger partial charge in [0.05, 0.1) is 18.2 Å². The van der Waals surface area contributed by atoms with Crippen LogP contribution in [0.15, 0.2) is 18.5 Å². The van der Waals surface area contributed by atoms with Crippen molar-refractivity contribution in [3.8, 4) is 6.07 Å². The monoisotopic (exact) mass is 475 g/mol. The second-order valence-electron chi connectivity index (χ2n) is 8.32. The van der Waals surface area contributed by atoms with Crippen LogP contribution in [0.2, 0.25) is 0 Å². The lowest BCUT2D eigenvalue weighted by Crippen LogP contribution is -2.41. The van der Waals surface area contributed by atoms with E-state index < -0.39 is 36.0 Å². The zero-order valence-electron chi connectivity index (χ0n) is 19.3. The summed E-state index contributed by atoms with van der Waals surface area (Å²) >= 11 is 0. The van der Waals surface area contributed by atoms with Gasteiger partial charge in [0, 0.05) is 0 Å². The van der Waals surface area contributed by atoms with Crippen LogP contribution < -0.4 is 5.32 Å². The molecule has 1 amide bonds. The molecule has 3 rings (SSSR count). The summed E-state index contributed by atoms with van der Waals surface area (Å²) < 4.78 is 17.3. The number of hydrogen-bond donors (Lipinski definition) is 3. The van der Waals surface area contributed by atoms with Crippen LogP contribution in [0.3, 0.4) is 0 Å². The van der Waals surface area contributed by atoms with Gasteiger partial charge in [-0.2, -0.15) is 10.4 Å². The third kappa shape index (κ3) is 4.96. The van der Waals surface area contributed by atoms with Gasteiger partial charge in [-0.05, 0) is 18.6 Å². The van der Waals surface area contributed by atoms with E-state index in [9.17, 15) is 25.1 Å². The van der Waals surface area contributed by atoms with E-state index in [0.29, 0.717) is 5.52 Å². The molecule has 184 valence electrons. The fourth-order valence-corrected chi connectivity index (χ4v) is 3.61. The Labute approximate surface area is 196 Å². The van der Waals surface area contributed by atoms with Crippen molar-refractivity contribution < 1.29 is 34.0 Å². The summed E-state index contributed by atoms with van der Waals surface area (Å²) in [7, 11) is 0. The Bertz CT molecular complexity index is 1070. The lowest BCUT2D eigenvalue weighted by Gasteiger charge is -2.24. The summed E-state index contributed by atoms with van der Waals surface area (Å²) in [6.07, 6.45) is -1.14. The molecule has 12 heteroatoms. The normalized spacial score (nSPS) is 24.2. The fourth-order valence-electron chi connectivity index (χ4n) is 3.61. The van der Waals surface area contributed by atoms with Gasteiger partial charge in [0.25, 0.3) is 0 Å². The minimum Gasteiger partial charge on any atom is -0.463 e. The van der Waals surface area contributed by atoms with Crippen LogP contribution in [0.25, 0.3) is 5.52 Å². The standard InChI is InChI=1S/C22H29N5O7/c1-4-5-6-9-32-21(31)26-19-14-7-8-16(27(14)25-12-24-19)22(11-23)18(29)17(28)15(34-22)10-33-20(30)13(2)3/h7-8,12-13,15,17-18,28-29H,4-6,9-10H2,1-3H3,(H,24,25,26,31)/t15-,17-,18-,22+/m1/s1. The van der Waals surface area contributed by atoms with E-state index in [1.807, 2.05) is 13.0 Å². The van der Waals surface area contributed by atoms with Gasteiger partial charge < -0.3 is 24.4 Å². The number of carbonyl (C=O) groups is 2. The highest BCUT2D eigenvalue weighted by molar-refractivity contribution is 5.88. The molecule has 3 N–H and O–H groups in total. The Hall–Kier alpha value is -3.27. The molecule has 0 saturated carbocycles. The third-order valence-electron chi connectivity index (χ3n) is 5.52. The van der Waals surface area contributed by atoms with Gasteiger partial charge in [-0.3, -0.25) is 10.1 Å². The highest BCUT2D eigenvalue weighted by Crippen LogP contribution is 2.40. The zero-order valence-corrected chi connectivity index (χ0v) is 19.3. The van der Waals surface area contributed by atoms with E-state index in [0.717, 1.165) is 25.6 Å². The van der Waals surface area contributed by atoms with Gasteiger partial charge in [0.1, 0.15) is 42.8 Å². The van der Waals surface area contributed by atoms with Crippen LogP contribution in [0.5, 0.6) is 0 Å². The van der Waals surface area contributed by atoms with Crippen LogP contribution in [0, 0.1) is 17.2 Å². The first-order valence-electron chi connectivity index (χ1n) is 11.1. The number of aliphatic hydroxyl groups excluding tert-OH is 2. The van der Waals surface area contributed by atoms with Gasteiger partial charge in [0.2, 0.25) is 5.60 Å². The minimum atomic E-state index is -2.01. The summed E-state index contributed by atoms with van der Waals surface area (Å²) in [6.45, 7) is 5.28. The van der Waals surface area contributed by atoms with E-state index >= 15 is 0 Å². The third-order valence-corrected chi connectivity index (χ3v) is 5.52. The highest BCUT2D eigenvalue weighted by atomic mass is 16.6. The molecular formula is C22H29N5O7. The molecule has 1 aliphatic rings. The number of unbranched alkanes of at least 4 members (excludes halogenated alkanes) is 2. The first kappa shape index (κ1) is 25.4. The fraction of sp³-hybridized carbons (Fsp3) is 0.591. The molecule has 2 aromatic heterocycles. The Morgan fingerprint density at radius 1 is 1.32 bits per heavy atom. The number of nitrogens with zero attached hydrogens (tertiary/aromatic N) is 4. The first-order chi connectivity index (χ1) is 16.2. The maximum atomic E-state index is 12.1. The van der Waals surface area contributed by atoms with Crippen LogP contribution >= 0.6 is 0 Å². The predicted molar refractivity (Wildman–Crippen MR) is 117 cm³/mol. The van der Waals surface area contributed by atoms with Crippen LogP contribution in [0.1, 0.15) is 45.7 Å². The lowest BCUT2D eigenvalue weighted by molar-refractivity contribution is -0.154. The minimum absolute atomic E-state index is 0.107. The molecule has 4 atom stereocenters. The van der Waals surface area contributed by atoms with Crippen molar-refractivity contribution in [1.82, 2.24) is 14.6 Å². The number of amides is 1. The molecule has 0 spiro atoms. The number of fused-ring (bicyclic) bond motifs is 1. The number of carbonyl (C=O) groups excluding carboxylic acids is 2. The molecule has 1 saturated heterocycles. The summed E-state index contributed by atoms with van der Waals surface area (Å²) in [4.78, 5) is 28.0. The SMILES string of the molecule is CCCCCOC(=O)Nc1ncnn2c([C@]3(C#N)O[C@H](COC(=O)C(C)C)[C@@H](O)[C@H]3O)ccc12. The molecule has 0 unspecified atom stereocenters. The Morgan fingerprint density at radius 3 is 2.76 bits per heavy atom. The largest absolute Gasteiger partial charge is 0.463 e. The van der Waals surface area contributed by atoms with Crippen LogP contribution in [-0.4, -0.2) is 68.4 Å². The van der Waals surface area contributed by atoms with Crippen LogP contribution in [0.4, 0.5) is 10.6 Å². The Balaban J connectivity index is 1.83. The molecule has 1 aliphatic heterocycles. The summed E-state index contributed by atoms with van der Waals surface area (Å²) in [6, 6.07) is 4.94. The number of aromatic nitrogens is 3. The maximum Gasteiger partial charge on any atom is 0.412 e. The van der Waals surface area contributed by atoms with Crippen molar-refractivity contribution in [3.05, 3.63) is 24.2 Å². The smallest absolute Gasteiger partial charge is 0.412 e. The second kappa shape index (κ2) is 10.8. The number of nitriles is 1. The van der Waals surface area contributed by atoms with E-state index in [-0.39, 0.29) is 30.6 Å². The van der Waals surface area contributed by atoms with Gasteiger partial charge in [-0.1, -0.05) is 33.6 Å². The first-order valence-corrected chi connectivity index (χ1v) is 11.1. The molecule has 2 aromatic rings. The van der Waals surface area contributed by atoms with Gasteiger partial charge in [0.15, 0.2) is 5.82 Å². The molecule has 3 heterocycles. The van der Waals surface area contributed by atoms with Crippen molar-refractivity contribution in [2.24, 2.45) is 5.92 Å². The van der Waals surface area contributed by atoms with Crippen molar-refractivity contribution in [2.45, 2.75) is 63.9 Å². The van der Waals surface area contributed by atoms with E-state index in [4.69, 9.17) is 14.2 Å². The highest BCUT2D eigenvalue weighted by Gasteiger charge is 2.57. The van der Waals surface area contributed by atoms with Gasteiger partial charge >= 0.3 is 12.1 Å². The quantitative estimate of drug-likeness (QED) is 0.357. The maximum absolute atomic E-state index is 12.1. The summed E-state index contributed by atoms with van der Waals surface area (Å²) in [5.41, 5.74) is -1.58. The Kier molecular flexibility index (Phi) is 8.03. The van der Waals surface area contributed by atoms with E-state index in [1.54, 1.807) is 13.8 Å². The number of nitrogens with one attached hydrogen (secondary N) is 1. The van der Waals surface area contributed by atoms with Crippen molar-refractivity contribution in [3.63, 3.8) is 0 Å². The Morgan fingerprint density at radius 2 is 2.09 bits per heavy atom. The van der Waals surface area contributed by atoms with Gasteiger partial charge in [-0.15, -0.1) is 0 Å². The van der Waals surface area contributed by atoms with Gasteiger partial charge in [-0.25, -0.2) is 14.3 Å². The second-order valence-corrected chi connectivity index (χ2v) is 8.32. The van der Waals surface area contributed by atoms with Crippen molar-refractivity contribution >= 4 is 23.4 Å². The number of esters is 1. The summed E-state index contributed by atoms with van der Waals surface area (Å²) in [5.74, 6) is -0.761. The molecular weight excluding hydrogens is 446 g/mol. The summed E-state index contributed by atoms with van der Waals surface area (Å²) in [5, 5.41) is 37.9. The molecule has 34 heavy (non-hydrogen) atoms. The topological polar surface area (TPSA) is 168 Å². The number of ether oxygens (including phenoxy) is 3. The molecule has 0 aliphatic carbocycles. The van der Waals surface area contributed by atoms with E-state index in [1.165, 1.54) is 16.6 Å². The molecule has 0 radical (unpaired) electrons. The average Bonchev–Trinajstić information content (AvgIpc) is 3.36. The van der Waals surface area contributed by atoms with E-state index in [2.05, 4.69) is 15.4 Å². The average molecular weight is 476 g/mol. The number of hydrogen-bond acceptors (Lipinski definition) is 10. The van der Waals surface area contributed by atoms with Crippen molar-refractivity contribution in [2.75, 3.05) is 18.5 Å². The van der Waals surface area contributed by atoms with Crippen LogP contribution in [-0.2, 0) is 24.6 Å². The zero-order chi connectivity index (χ0) is 24.9.